The normalized spacial score (nSPS) is 10.4. The lowest BCUT2D eigenvalue weighted by atomic mass is 10.0. The van der Waals surface area contributed by atoms with Gasteiger partial charge in [0, 0.05) is 25.6 Å². The van der Waals surface area contributed by atoms with Gasteiger partial charge in [-0.15, -0.1) is 0 Å². The molecule has 25 heavy (non-hydrogen) atoms. The van der Waals surface area contributed by atoms with Crippen molar-refractivity contribution in [2.75, 3.05) is 34.2 Å². The van der Waals surface area contributed by atoms with Crippen molar-refractivity contribution in [3.8, 4) is 5.75 Å². The molecule has 0 atom stereocenters. The topological polar surface area (TPSA) is 114 Å². The van der Waals surface area contributed by atoms with Crippen LogP contribution in [0.5, 0.6) is 5.75 Å². The molecular formula is C17H26N4O4. The van der Waals surface area contributed by atoms with Gasteiger partial charge in [0.1, 0.15) is 5.75 Å². The van der Waals surface area contributed by atoms with Crippen molar-refractivity contribution in [2.24, 2.45) is 5.73 Å². The van der Waals surface area contributed by atoms with Gasteiger partial charge in [-0.3, -0.25) is 9.59 Å². The average Bonchev–Trinajstić information content (AvgIpc) is 2.57. The van der Waals surface area contributed by atoms with Crippen LogP contribution in [0.2, 0.25) is 0 Å². The fourth-order valence-corrected chi connectivity index (χ4v) is 2.14. The molecule has 0 spiro atoms. The van der Waals surface area contributed by atoms with Gasteiger partial charge in [0.2, 0.25) is 11.8 Å². The zero-order valence-electron chi connectivity index (χ0n) is 14.9. The number of hydrogen-bond acceptors (Lipinski definition) is 5. The van der Waals surface area contributed by atoms with Crippen molar-refractivity contribution in [1.82, 2.24) is 15.5 Å². The van der Waals surface area contributed by atoms with Crippen LogP contribution in [0.25, 0.3) is 0 Å². The molecule has 0 saturated heterocycles. The van der Waals surface area contributed by atoms with E-state index in [2.05, 4.69) is 10.6 Å². The lowest BCUT2D eigenvalue weighted by Crippen LogP contribution is -2.27. The summed E-state index contributed by atoms with van der Waals surface area (Å²) in [6.07, 6.45) is 0.781. The lowest BCUT2D eigenvalue weighted by Gasteiger charge is -2.12. The van der Waals surface area contributed by atoms with Gasteiger partial charge in [-0.25, -0.2) is 4.79 Å². The van der Waals surface area contributed by atoms with Crippen LogP contribution < -0.4 is 21.1 Å². The first-order valence-electron chi connectivity index (χ1n) is 8.07. The van der Waals surface area contributed by atoms with Gasteiger partial charge in [-0.05, 0) is 57.2 Å². The number of rotatable bonds is 9. The van der Waals surface area contributed by atoms with Gasteiger partial charge in [0.05, 0.1) is 0 Å². The maximum absolute atomic E-state index is 11.9. The van der Waals surface area contributed by atoms with E-state index in [1.807, 2.05) is 19.0 Å². The minimum atomic E-state index is -0.624. The van der Waals surface area contributed by atoms with Crippen LogP contribution in [0, 0.1) is 0 Å². The molecule has 0 fully saturated rings. The van der Waals surface area contributed by atoms with Crippen LogP contribution in [-0.4, -0.2) is 57.0 Å². The Labute approximate surface area is 147 Å². The smallest absolute Gasteiger partial charge is 0.410 e. The third-order valence-corrected chi connectivity index (χ3v) is 3.48. The second-order valence-corrected chi connectivity index (χ2v) is 5.83. The molecule has 1 aromatic rings. The van der Waals surface area contributed by atoms with Crippen LogP contribution in [0.3, 0.4) is 0 Å². The van der Waals surface area contributed by atoms with Gasteiger partial charge in [-0.2, -0.15) is 0 Å². The predicted molar refractivity (Wildman–Crippen MR) is 94.5 cm³/mol. The SMILES string of the molecule is CNC(=O)Oc1ccc(C(N)=O)cc1CCC(=O)NCCCN(C)C. The minimum absolute atomic E-state index is 0.103. The Hall–Kier alpha value is -2.61. The van der Waals surface area contributed by atoms with Crippen molar-refractivity contribution in [3.05, 3.63) is 29.3 Å². The van der Waals surface area contributed by atoms with Crippen LogP contribution in [0.15, 0.2) is 18.2 Å². The van der Waals surface area contributed by atoms with Crippen LogP contribution in [-0.2, 0) is 11.2 Å². The molecule has 3 amide bonds. The molecule has 8 heteroatoms. The molecule has 0 radical (unpaired) electrons. The zero-order valence-corrected chi connectivity index (χ0v) is 14.9. The van der Waals surface area contributed by atoms with Crippen LogP contribution in [0.4, 0.5) is 4.79 Å². The summed E-state index contributed by atoms with van der Waals surface area (Å²) in [5.74, 6) is -0.389. The third kappa shape index (κ3) is 7.67. The molecular weight excluding hydrogens is 324 g/mol. The fraction of sp³-hybridized carbons (Fsp3) is 0.471. The highest BCUT2D eigenvalue weighted by Crippen LogP contribution is 2.22. The Morgan fingerprint density at radius 3 is 2.56 bits per heavy atom. The summed E-state index contributed by atoms with van der Waals surface area (Å²) in [6.45, 7) is 1.49. The van der Waals surface area contributed by atoms with E-state index in [1.165, 1.54) is 19.2 Å². The molecule has 0 aliphatic rings. The summed E-state index contributed by atoms with van der Waals surface area (Å²) < 4.78 is 5.15. The molecule has 1 aromatic carbocycles. The quantitative estimate of drug-likeness (QED) is 0.561. The highest BCUT2D eigenvalue weighted by molar-refractivity contribution is 5.93. The number of nitrogens with zero attached hydrogens (tertiary/aromatic N) is 1. The Morgan fingerprint density at radius 1 is 1.24 bits per heavy atom. The molecule has 0 heterocycles. The van der Waals surface area contributed by atoms with E-state index in [0.717, 1.165) is 13.0 Å². The summed E-state index contributed by atoms with van der Waals surface area (Å²) >= 11 is 0. The number of aryl methyl sites for hydroxylation is 1. The number of ether oxygens (including phenoxy) is 1. The van der Waals surface area contributed by atoms with Gasteiger partial charge in [0.25, 0.3) is 0 Å². The largest absolute Gasteiger partial charge is 0.412 e. The number of hydrogen-bond donors (Lipinski definition) is 3. The highest BCUT2D eigenvalue weighted by atomic mass is 16.6. The first-order chi connectivity index (χ1) is 11.8. The van der Waals surface area contributed by atoms with E-state index in [1.54, 1.807) is 6.07 Å². The van der Waals surface area contributed by atoms with E-state index >= 15 is 0 Å². The van der Waals surface area contributed by atoms with Crippen molar-refractivity contribution in [3.63, 3.8) is 0 Å². The maximum Gasteiger partial charge on any atom is 0.412 e. The van der Waals surface area contributed by atoms with E-state index < -0.39 is 12.0 Å². The standard InChI is InChI=1S/C17H26N4O4/c1-19-17(24)25-14-7-5-13(16(18)23)11-12(14)6-8-15(22)20-9-4-10-21(2)3/h5,7,11H,4,6,8-10H2,1-3H3,(H2,18,23)(H,19,24)(H,20,22). The molecule has 0 aliphatic carbocycles. The Morgan fingerprint density at radius 2 is 1.96 bits per heavy atom. The number of carbonyl (C=O) groups is 3. The summed E-state index contributed by atoms with van der Waals surface area (Å²) in [6, 6.07) is 4.52. The molecule has 1 rings (SSSR count). The predicted octanol–water partition coefficient (Wildman–Crippen LogP) is 0.504. The van der Waals surface area contributed by atoms with E-state index in [0.29, 0.717) is 29.8 Å². The molecule has 0 aliphatic heterocycles. The molecule has 0 saturated carbocycles. The number of benzene rings is 1. The summed E-state index contributed by atoms with van der Waals surface area (Å²) in [7, 11) is 5.39. The first-order valence-corrected chi connectivity index (χ1v) is 8.07. The Kier molecular flexibility index (Phi) is 8.42. The van der Waals surface area contributed by atoms with E-state index in [-0.39, 0.29) is 12.3 Å². The third-order valence-electron chi connectivity index (χ3n) is 3.48. The number of primary amides is 1. The average molecular weight is 350 g/mol. The molecule has 0 bridgehead atoms. The Bertz CT molecular complexity index is 617. The number of amides is 3. The highest BCUT2D eigenvalue weighted by Gasteiger charge is 2.13. The van der Waals surface area contributed by atoms with Crippen LogP contribution >= 0.6 is 0 Å². The van der Waals surface area contributed by atoms with Crippen molar-refractivity contribution < 1.29 is 19.1 Å². The Balaban J connectivity index is 2.67. The summed E-state index contributed by atoms with van der Waals surface area (Å²) in [5, 5.41) is 5.19. The fourth-order valence-electron chi connectivity index (χ4n) is 2.14. The molecule has 0 aromatic heterocycles. The molecule has 138 valence electrons. The number of nitrogens with one attached hydrogen (secondary N) is 2. The van der Waals surface area contributed by atoms with Crippen molar-refractivity contribution >= 4 is 17.9 Å². The van der Waals surface area contributed by atoms with Crippen molar-refractivity contribution in [2.45, 2.75) is 19.3 Å². The molecule has 8 nitrogen and oxygen atoms in total. The van der Waals surface area contributed by atoms with Gasteiger partial charge in [0.15, 0.2) is 0 Å². The summed E-state index contributed by atoms with van der Waals surface area (Å²) in [4.78, 5) is 36.7. The minimum Gasteiger partial charge on any atom is -0.410 e. The monoisotopic (exact) mass is 350 g/mol. The molecule has 0 unspecified atom stereocenters. The lowest BCUT2D eigenvalue weighted by molar-refractivity contribution is -0.121. The first kappa shape index (κ1) is 20.4. The second-order valence-electron chi connectivity index (χ2n) is 5.83. The van der Waals surface area contributed by atoms with Gasteiger partial charge < -0.3 is 26.0 Å². The number of carbonyl (C=O) groups excluding carboxylic acids is 3. The maximum atomic E-state index is 11.9. The van der Waals surface area contributed by atoms with E-state index in [9.17, 15) is 14.4 Å². The number of nitrogens with two attached hydrogens (primary N) is 1. The van der Waals surface area contributed by atoms with Gasteiger partial charge >= 0.3 is 6.09 Å². The summed E-state index contributed by atoms with van der Waals surface area (Å²) in [5.41, 5.74) is 6.15. The van der Waals surface area contributed by atoms with E-state index in [4.69, 9.17) is 10.5 Å². The zero-order chi connectivity index (χ0) is 18.8. The second kappa shape index (κ2) is 10.3. The van der Waals surface area contributed by atoms with Crippen LogP contribution in [0.1, 0.15) is 28.8 Å². The van der Waals surface area contributed by atoms with Crippen molar-refractivity contribution in [1.29, 1.82) is 0 Å². The molecule has 4 N–H and O–H groups in total. The van der Waals surface area contributed by atoms with Gasteiger partial charge in [-0.1, -0.05) is 0 Å².